The molecule has 0 bridgehead atoms. The van der Waals surface area contributed by atoms with Crippen LogP contribution >= 0.6 is 0 Å². The molecule has 202 valence electrons. The smallest absolute Gasteiger partial charge is 0.392 e. The van der Waals surface area contributed by atoms with Crippen LogP contribution in [0.5, 0.6) is 0 Å². The number of carboxylic acids is 1. The Bertz CT molecular complexity index is 1910. The van der Waals surface area contributed by atoms with Gasteiger partial charge in [-0.1, -0.05) is 67.6 Å². The first-order chi connectivity index (χ1) is 19.2. The predicted molar refractivity (Wildman–Crippen MR) is 144 cm³/mol. The minimum absolute atomic E-state index is 0.0635. The van der Waals surface area contributed by atoms with Crippen molar-refractivity contribution in [3.8, 4) is 11.1 Å². The fraction of sp³-hybridized carbons (Fsp3) is 0.107. The number of carbonyl (C=O) groups excluding carboxylic acids is 1. The molecule has 0 fully saturated rings. The molecular weight excluding hydrogens is 536 g/mol. The number of aryl methyl sites for hydroxylation is 1. The van der Waals surface area contributed by atoms with Gasteiger partial charge in [-0.3, -0.25) is 14.2 Å². The molecule has 0 saturated heterocycles. The average molecular weight is 559 g/mol. The highest BCUT2D eigenvalue weighted by molar-refractivity contribution is 7.90. The molecule has 5 aromatic rings. The lowest BCUT2D eigenvalue weighted by molar-refractivity contribution is 0.0655. The van der Waals surface area contributed by atoms with Gasteiger partial charge in [0.1, 0.15) is 5.82 Å². The SMILES string of the molecule is CCc1nc2oc(C(=O)O)nc2c(=O)n1Cc1ccc(-c2ccccc2S(=O)(=O)NC(=O)c2ccccc2)cc1. The third-order valence-electron chi connectivity index (χ3n) is 6.14. The molecule has 0 aliphatic heterocycles. The van der Waals surface area contributed by atoms with E-state index >= 15 is 0 Å². The second kappa shape index (κ2) is 10.6. The minimum Gasteiger partial charge on any atom is -0.474 e. The van der Waals surface area contributed by atoms with Crippen LogP contribution in [-0.4, -0.2) is 39.9 Å². The Labute approximate surface area is 227 Å². The van der Waals surface area contributed by atoms with Gasteiger partial charge in [0, 0.05) is 17.5 Å². The van der Waals surface area contributed by atoms with E-state index in [1.165, 1.54) is 22.8 Å². The van der Waals surface area contributed by atoms with Crippen LogP contribution in [0.3, 0.4) is 0 Å². The summed E-state index contributed by atoms with van der Waals surface area (Å²) in [5.41, 5.74) is 1.05. The number of benzene rings is 3. The fourth-order valence-corrected chi connectivity index (χ4v) is 5.42. The highest BCUT2D eigenvalue weighted by Crippen LogP contribution is 2.28. The van der Waals surface area contributed by atoms with E-state index in [1.807, 2.05) is 0 Å². The van der Waals surface area contributed by atoms with Crippen molar-refractivity contribution in [3.05, 3.63) is 112 Å². The lowest BCUT2D eigenvalue weighted by atomic mass is 10.0. The van der Waals surface area contributed by atoms with E-state index in [-0.39, 0.29) is 28.2 Å². The van der Waals surface area contributed by atoms with Crippen LogP contribution in [0.15, 0.2) is 93.0 Å². The van der Waals surface area contributed by atoms with Crippen molar-refractivity contribution in [2.75, 3.05) is 0 Å². The molecule has 2 aromatic heterocycles. The molecule has 2 N–H and O–H groups in total. The highest BCUT2D eigenvalue weighted by Gasteiger charge is 2.23. The van der Waals surface area contributed by atoms with Crippen LogP contribution in [0.25, 0.3) is 22.4 Å². The van der Waals surface area contributed by atoms with E-state index < -0.39 is 33.3 Å². The van der Waals surface area contributed by atoms with Gasteiger partial charge in [0.15, 0.2) is 5.52 Å². The topological polar surface area (TPSA) is 161 Å². The Morgan fingerprint density at radius 2 is 1.62 bits per heavy atom. The van der Waals surface area contributed by atoms with Crippen molar-refractivity contribution < 1.29 is 27.5 Å². The third kappa shape index (κ3) is 5.12. The van der Waals surface area contributed by atoms with E-state index in [0.29, 0.717) is 28.9 Å². The zero-order chi connectivity index (χ0) is 28.4. The second-order valence-corrected chi connectivity index (χ2v) is 10.4. The monoisotopic (exact) mass is 558 g/mol. The lowest BCUT2D eigenvalue weighted by Crippen LogP contribution is -2.30. The summed E-state index contributed by atoms with van der Waals surface area (Å²) in [6, 6.07) is 21.3. The Morgan fingerprint density at radius 3 is 2.30 bits per heavy atom. The molecule has 0 spiro atoms. The Balaban J connectivity index is 1.44. The summed E-state index contributed by atoms with van der Waals surface area (Å²) in [6.07, 6.45) is 0.381. The molecule has 0 unspecified atom stereocenters. The summed E-state index contributed by atoms with van der Waals surface area (Å²) in [4.78, 5) is 44.8. The molecule has 1 amide bonds. The molecule has 0 aliphatic carbocycles. The first kappa shape index (κ1) is 26.5. The lowest BCUT2D eigenvalue weighted by Gasteiger charge is -2.13. The highest BCUT2D eigenvalue weighted by atomic mass is 32.2. The number of carboxylic acid groups (broad SMARTS) is 1. The molecule has 11 nitrogen and oxygen atoms in total. The standard InChI is InChI=1S/C28H22N4O7S/c1-2-22-29-25-23(30-26(39-25)28(35)36)27(34)32(22)16-17-12-14-18(15-13-17)20-10-6-7-11-21(20)40(37,38)31-24(33)19-8-4-3-5-9-19/h3-15H,2,16H2,1H3,(H,31,33)(H,35,36). The second-order valence-electron chi connectivity index (χ2n) is 8.74. The van der Waals surface area contributed by atoms with E-state index in [9.17, 15) is 22.8 Å². The van der Waals surface area contributed by atoms with Gasteiger partial charge >= 0.3 is 11.9 Å². The number of sulfonamides is 1. The van der Waals surface area contributed by atoms with Gasteiger partial charge in [-0.05, 0) is 29.3 Å². The summed E-state index contributed by atoms with van der Waals surface area (Å²) in [7, 11) is -4.20. The number of aromatic nitrogens is 3. The number of carbonyl (C=O) groups is 2. The van der Waals surface area contributed by atoms with Crippen molar-refractivity contribution >= 4 is 33.1 Å². The van der Waals surface area contributed by atoms with Gasteiger partial charge < -0.3 is 9.52 Å². The molecule has 3 aromatic carbocycles. The molecule has 0 saturated carbocycles. The summed E-state index contributed by atoms with van der Waals surface area (Å²) < 4.78 is 34.9. The van der Waals surface area contributed by atoms with Crippen molar-refractivity contribution in [1.82, 2.24) is 19.3 Å². The van der Waals surface area contributed by atoms with E-state index in [4.69, 9.17) is 9.52 Å². The zero-order valence-electron chi connectivity index (χ0n) is 21.1. The van der Waals surface area contributed by atoms with Crippen LogP contribution in [0.1, 0.15) is 39.4 Å². The summed E-state index contributed by atoms with van der Waals surface area (Å²) in [6.45, 7) is 1.92. The molecule has 0 radical (unpaired) electrons. The van der Waals surface area contributed by atoms with Gasteiger partial charge in [0.05, 0.1) is 11.4 Å². The molecule has 2 heterocycles. The van der Waals surface area contributed by atoms with Crippen molar-refractivity contribution in [2.24, 2.45) is 0 Å². The summed E-state index contributed by atoms with van der Waals surface area (Å²) in [5.74, 6) is -2.37. The van der Waals surface area contributed by atoms with Crippen LogP contribution in [0.2, 0.25) is 0 Å². The molecule has 0 aliphatic rings. The maximum atomic E-state index is 13.1. The average Bonchev–Trinajstić information content (AvgIpc) is 3.40. The number of amides is 1. The molecule has 0 atom stereocenters. The first-order valence-corrected chi connectivity index (χ1v) is 13.6. The van der Waals surface area contributed by atoms with E-state index in [2.05, 4.69) is 14.7 Å². The van der Waals surface area contributed by atoms with Gasteiger partial charge in [-0.2, -0.15) is 9.97 Å². The number of aromatic carboxylic acids is 1. The molecular formula is C28H22N4O7S. The van der Waals surface area contributed by atoms with Gasteiger partial charge in [-0.25, -0.2) is 17.9 Å². The zero-order valence-corrected chi connectivity index (χ0v) is 21.9. The number of oxazole rings is 1. The number of rotatable bonds is 8. The normalized spacial score (nSPS) is 11.4. The fourth-order valence-electron chi connectivity index (χ4n) is 4.21. The Kier molecular flexibility index (Phi) is 7.01. The quantitative estimate of drug-likeness (QED) is 0.290. The molecule has 12 heteroatoms. The van der Waals surface area contributed by atoms with Crippen LogP contribution < -0.4 is 10.3 Å². The van der Waals surface area contributed by atoms with Crippen LogP contribution in [0.4, 0.5) is 0 Å². The number of nitrogens with zero attached hydrogens (tertiary/aromatic N) is 3. The van der Waals surface area contributed by atoms with E-state index in [0.717, 1.165) is 0 Å². The van der Waals surface area contributed by atoms with E-state index in [1.54, 1.807) is 67.6 Å². The predicted octanol–water partition coefficient (Wildman–Crippen LogP) is 3.48. The van der Waals surface area contributed by atoms with Crippen LogP contribution in [0, 0.1) is 0 Å². The van der Waals surface area contributed by atoms with Crippen molar-refractivity contribution in [3.63, 3.8) is 0 Å². The Hall–Kier alpha value is -5.10. The van der Waals surface area contributed by atoms with Crippen molar-refractivity contribution in [1.29, 1.82) is 0 Å². The van der Waals surface area contributed by atoms with Gasteiger partial charge in [-0.15, -0.1) is 0 Å². The van der Waals surface area contributed by atoms with Gasteiger partial charge in [0.25, 0.3) is 27.2 Å². The minimum atomic E-state index is -4.20. The summed E-state index contributed by atoms with van der Waals surface area (Å²) >= 11 is 0. The number of hydrogen-bond acceptors (Lipinski definition) is 8. The van der Waals surface area contributed by atoms with Crippen LogP contribution in [-0.2, 0) is 23.0 Å². The summed E-state index contributed by atoms with van der Waals surface area (Å²) in [5, 5.41) is 9.14. The molecule has 5 rings (SSSR count). The third-order valence-corrected chi connectivity index (χ3v) is 7.53. The van der Waals surface area contributed by atoms with Crippen molar-refractivity contribution in [2.45, 2.75) is 24.8 Å². The molecule has 40 heavy (non-hydrogen) atoms. The number of nitrogens with one attached hydrogen (secondary N) is 1. The maximum absolute atomic E-state index is 13.1. The first-order valence-electron chi connectivity index (χ1n) is 12.1. The largest absolute Gasteiger partial charge is 0.474 e. The maximum Gasteiger partial charge on any atom is 0.392 e. The number of fused-ring (bicyclic) bond motifs is 1. The van der Waals surface area contributed by atoms with Gasteiger partial charge in [0.2, 0.25) is 0 Å². The number of hydrogen-bond donors (Lipinski definition) is 2. The Morgan fingerprint density at radius 1 is 0.950 bits per heavy atom.